The first-order chi connectivity index (χ1) is 6.41. The molecule has 0 N–H and O–H groups in total. The molecule has 0 aliphatic heterocycles. The number of hydrogen-bond donors (Lipinski definition) is 0. The lowest BCUT2D eigenvalue weighted by molar-refractivity contribution is 0.602. The van der Waals surface area contributed by atoms with Crippen molar-refractivity contribution >= 4 is 26.6 Å². The maximum Gasteiger partial charge on any atom is 0.0183 e. The van der Waals surface area contributed by atoms with Crippen LogP contribution in [0.5, 0.6) is 0 Å². The Kier molecular flexibility index (Phi) is 13.3. The zero-order valence-corrected chi connectivity index (χ0v) is 12.2. The molecule has 0 aromatic heterocycles. The molecule has 0 saturated heterocycles. The minimum Gasteiger partial charge on any atom is -0.0761 e. The van der Waals surface area contributed by atoms with Crippen LogP contribution < -0.4 is 0 Å². The Morgan fingerprint density at radius 2 is 1.46 bits per heavy atom. The second-order valence-corrected chi connectivity index (χ2v) is 10.6. The smallest absolute Gasteiger partial charge is 0.0183 e. The van der Waals surface area contributed by atoms with E-state index in [1.54, 1.807) is 0 Å². The third kappa shape index (κ3) is 12.7. The molecule has 0 unspecified atom stereocenters. The Morgan fingerprint density at radius 3 is 2.08 bits per heavy atom. The molecule has 3 heteroatoms. The molecule has 0 amide bonds. The largest absolute Gasteiger partial charge is 0.0761 e. The van der Waals surface area contributed by atoms with Crippen LogP contribution in [0.4, 0.5) is 0 Å². The molecule has 0 saturated carbocycles. The number of hydrogen-bond acceptors (Lipinski definition) is 0. The summed E-state index contributed by atoms with van der Waals surface area (Å²) in [5.41, 5.74) is 0. The summed E-state index contributed by atoms with van der Waals surface area (Å²) in [5, 5.41) is 0. The van der Waals surface area contributed by atoms with E-state index in [0.29, 0.717) is 0 Å². The molecule has 0 rings (SSSR count). The van der Waals surface area contributed by atoms with Gasteiger partial charge in [0.2, 0.25) is 0 Å². The molecule has 0 spiro atoms. The van der Waals surface area contributed by atoms with Gasteiger partial charge in [0.15, 0.2) is 0 Å². The van der Waals surface area contributed by atoms with Gasteiger partial charge >= 0.3 is 0 Å². The zero-order chi connectivity index (χ0) is 9.78. The predicted molar refractivity (Wildman–Crippen MR) is 65.9 cm³/mol. The monoisotopic (exact) mass is 226 g/mol. The van der Waals surface area contributed by atoms with Crippen LogP contribution in [0.1, 0.15) is 51.9 Å². The van der Waals surface area contributed by atoms with E-state index in [1.165, 1.54) is 77.6 Å². The van der Waals surface area contributed by atoms with Crippen LogP contribution in [0.2, 0.25) is 12.6 Å². The molecule has 74 valence electrons. The standard InChI is InChI=1S/C10H22Si3/c1-3-4-5-6-7-8-9-10-12-13-11-2/h3-10H2,1-2H3. The van der Waals surface area contributed by atoms with Gasteiger partial charge < -0.3 is 0 Å². The van der Waals surface area contributed by atoms with Crippen LogP contribution in [0.3, 0.4) is 0 Å². The van der Waals surface area contributed by atoms with Crippen molar-refractivity contribution in [1.29, 1.82) is 0 Å². The van der Waals surface area contributed by atoms with Crippen LogP contribution in [-0.2, 0) is 0 Å². The Hall–Kier alpha value is 0.651. The van der Waals surface area contributed by atoms with Gasteiger partial charge in [-0.05, 0) is 0 Å². The number of rotatable bonds is 10. The fraction of sp³-hybridized carbons (Fsp3) is 1.00. The maximum atomic E-state index is 2.33. The lowest BCUT2D eigenvalue weighted by Gasteiger charge is -1.99. The van der Waals surface area contributed by atoms with Gasteiger partial charge in [0.05, 0.1) is 0 Å². The van der Waals surface area contributed by atoms with Gasteiger partial charge in [0.25, 0.3) is 0 Å². The summed E-state index contributed by atoms with van der Waals surface area (Å²) in [4.78, 5) is 0. The molecule has 0 aliphatic rings. The Balaban J connectivity index is 2.76. The van der Waals surface area contributed by atoms with Crippen molar-refractivity contribution < 1.29 is 0 Å². The first-order valence-corrected chi connectivity index (χ1v) is 11.3. The van der Waals surface area contributed by atoms with Crippen LogP contribution in [-0.4, -0.2) is 26.6 Å². The highest BCUT2D eigenvalue weighted by molar-refractivity contribution is 7.29. The van der Waals surface area contributed by atoms with Crippen molar-refractivity contribution in [2.75, 3.05) is 0 Å². The lowest BCUT2D eigenvalue weighted by atomic mass is 10.1. The molecule has 0 bridgehead atoms. The predicted octanol–water partition coefficient (Wildman–Crippen LogP) is 3.15. The Bertz CT molecular complexity index is 76.2. The first kappa shape index (κ1) is 13.7. The van der Waals surface area contributed by atoms with Crippen LogP contribution in [0, 0.1) is 0 Å². The molecule has 0 aromatic rings. The lowest BCUT2D eigenvalue weighted by Crippen LogP contribution is -2.08. The van der Waals surface area contributed by atoms with Crippen molar-refractivity contribution in [3.05, 3.63) is 0 Å². The summed E-state index contributed by atoms with van der Waals surface area (Å²) < 4.78 is 0. The quantitative estimate of drug-likeness (QED) is 0.397. The molecular weight excluding hydrogens is 204 g/mol. The third-order valence-corrected chi connectivity index (χ3v) is 9.02. The molecule has 0 atom stereocenters. The van der Waals surface area contributed by atoms with Crippen LogP contribution in [0.25, 0.3) is 0 Å². The normalized spacial score (nSPS) is 10.6. The van der Waals surface area contributed by atoms with Gasteiger partial charge in [0, 0.05) is 26.6 Å². The third-order valence-electron chi connectivity index (χ3n) is 2.12. The summed E-state index contributed by atoms with van der Waals surface area (Å²) in [5.74, 6) is 0. The van der Waals surface area contributed by atoms with E-state index >= 15 is 0 Å². The van der Waals surface area contributed by atoms with E-state index in [2.05, 4.69) is 13.5 Å². The fourth-order valence-electron chi connectivity index (χ4n) is 1.32. The van der Waals surface area contributed by atoms with Crippen molar-refractivity contribution in [3.8, 4) is 0 Å². The summed E-state index contributed by atoms with van der Waals surface area (Å²) in [7, 11) is 3.78. The van der Waals surface area contributed by atoms with Crippen molar-refractivity contribution in [2.45, 2.75) is 64.5 Å². The van der Waals surface area contributed by atoms with E-state index in [-0.39, 0.29) is 0 Å². The van der Waals surface area contributed by atoms with Gasteiger partial charge in [-0.2, -0.15) is 0 Å². The molecular formula is C10H22Si3. The molecule has 0 aromatic carbocycles. The molecule has 0 aliphatic carbocycles. The highest BCUT2D eigenvalue weighted by atomic mass is 29.5. The van der Waals surface area contributed by atoms with E-state index < -0.39 is 0 Å². The molecule has 0 fully saturated rings. The van der Waals surface area contributed by atoms with E-state index in [1.807, 2.05) is 0 Å². The summed E-state index contributed by atoms with van der Waals surface area (Å²) in [6, 6.07) is 1.52. The summed E-state index contributed by atoms with van der Waals surface area (Å²) >= 11 is 0. The van der Waals surface area contributed by atoms with Gasteiger partial charge in [-0.1, -0.05) is 64.5 Å². The molecule has 0 nitrogen and oxygen atoms in total. The van der Waals surface area contributed by atoms with Gasteiger partial charge in [-0.3, -0.25) is 0 Å². The van der Waals surface area contributed by atoms with Crippen molar-refractivity contribution in [3.63, 3.8) is 0 Å². The van der Waals surface area contributed by atoms with E-state index in [9.17, 15) is 0 Å². The average molecular weight is 227 g/mol. The second kappa shape index (κ2) is 12.7. The zero-order valence-electron chi connectivity index (χ0n) is 9.16. The van der Waals surface area contributed by atoms with Crippen molar-refractivity contribution in [2.24, 2.45) is 0 Å². The summed E-state index contributed by atoms with van der Waals surface area (Å²) in [6.07, 6.45) is 10.3. The fourth-order valence-corrected chi connectivity index (χ4v) is 6.20. The van der Waals surface area contributed by atoms with Gasteiger partial charge in [-0.25, -0.2) is 0 Å². The van der Waals surface area contributed by atoms with Gasteiger partial charge in [0.1, 0.15) is 0 Å². The van der Waals surface area contributed by atoms with Gasteiger partial charge in [-0.15, -0.1) is 0 Å². The van der Waals surface area contributed by atoms with Crippen molar-refractivity contribution in [1.82, 2.24) is 0 Å². The second-order valence-electron chi connectivity index (χ2n) is 3.42. The molecule has 6 radical (unpaired) electrons. The topological polar surface area (TPSA) is 0 Å². The number of unbranched alkanes of at least 4 members (excludes halogenated alkanes) is 6. The highest BCUT2D eigenvalue weighted by Gasteiger charge is 1.92. The Morgan fingerprint density at radius 1 is 0.846 bits per heavy atom. The Labute approximate surface area is 91.3 Å². The first-order valence-electron chi connectivity index (χ1n) is 5.56. The van der Waals surface area contributed by atoms with Crippen LogP contribution in [0.15, 0.2) is 0 Å². The molecule has 0 heterocycles. The average Bonchev–Trinajstić information content (AvgIpc) is 2.16. The van der Waals surface area contributed by atoms with E-state index in [0.717, 1.165) is 0 Å². The molecule has 13 heavy (non-hydrogen) atoms. The summed E-state index contributed by atoms with van der Waals surface area (Å²) in [6.45, 7) is 4.61. The maximum absolute atomic E-state index is 2.33. The van der Waals surface area contributed by atoms with E-state index in [4.69, 9.17) is 0 Å². The minimum atomic E-state index is 1.21. The highest BCUT2D eigenvalue weighted by Crippen LogP contribution is 2.07. The SMILES string of the molecule is CCCCCCCCC[Si][Si][Si]C. The van der Waals surface area contributed by atoms with Crippen LogP contribution >= 0.6 is 0 Å². The minimum absolute atomic E-state index is 1.21.